The quantitative estimate of drug-likeness (QED) is 0.328. The maximum Gasteiger partial charge on any atom is 0.191 e. The summed E-state index contributed by atoms with van der Waals surface area (Å²) in [6, 6.07) is 6.70. The molecule has 0 spiro atoms. The number of hydrogen-bond donors (Lipinski definition) is 2. The van der Waals surface area contributed by atoms with Crippen LogP contribution < -0.4 is 10.6 Å². The summed E-state index contributed by atoms with van der Waals surface area (Å²) in [5.74, 6) is 3.03. The first-order chi connectivity index (χ1) is 13.2. The Bertz CT molecular complexity index is 605. The number of halogens is 2. The molecule has 28 heavy (non-hydrogen) atoms. The highest BCUT2D eigenvalue weighted by Crippen LogP contribution is 2.34. The second-order valence-corrected chi connectivity index (χ2v) is 8.23. The van der Waals surface area contributed by atoms with Crippen LogP contribution in [0.25, 0.3) is 0 Å². The Morgan fingerprint density at radius 2 is 2.00 bits per heavy atom. The van der Waals surface area contributed by atoms with Gasteiger partial charge in [0, 0.05) is 31.9 Å². The lowest BCUT2D eigenvalue weighted by Gasteiger charge is -2.42. The lowest BCUT2D eigenvalue weighted by atomic mass is 9.96. The molecule has 0 amide bonds. The Kier molecular flexibility index (Phi) is 10.3. The molecule has 0 bridgehead atoms. The summed E-state index contributed by atoms with van der Waals surface area (Å²) in [6.07, 6.45) is 2.03. The van der Waals surface area contributed by atoms with Gasteiger partial charge in [-0.25, -0.2) is 4.39 Å². The molecule has 1 aromatic carbocycles. The van der Waals surface area contributed by atoms with Crippen LogP contribution in [-0.2, 0) is 11.2 Å². The number of nitrogens with zero attached hydrogens (tertiary/aromatic N) is 2. The molecule has 2 aliphatic rings. The molecule has 1 aromatic rings. The van der Waals surface area contributed by atoms with E-state index >= 15 is 0 Å². The molecule has 0 saturated carbocycles. The van der Waals surface area contributed by atoms with Crippen LogP contribution in [-0.4, -0.2) is 73.8 Å². The van der Waals surface area contributed by atoms with Gasteiger partial charge >= 0.3 is 0 Å². The standard InChI is InChI=1S/C20H31FN4OS.HI/c1-2-22-19(23-9-7-17-3-5-18(21)6-4-17)24-15-20(8-14-27-16-20)25-10-12-26-13-11-25;/h3-6H,2,7-16H2,1H3,(H2,22,23,24);1H. The van der Waals surface area contributed by atoms with Gasteiger partial charge in [-0.3, -0.25) is 9.89 Å². The zero-order valence-electron chi connectivity index (χ0n) is 16.6. The van der Waals surface area contributed by atoms with Gasteiger partial charge in [0.1, 0.15) is 5.82 Å². The van der Waals surface area contributed by atoms with Crippen molar-refractivity contribution in [2.75, 3.05) is 57.4 Å². The Hall–Kier alpha value is -0.580. The van der Waals surface area contributed by atoms with Gasteiger partial charge in [-0.15, -0.1) is 24.0 Å². The molecule has 2 fully saturated rings. The molecule has 2 saturated heterocycles. The third-order valence-corrected chi connectivity index (χ3v) is 6.49. The number of rotatable bonds is 7. The molecule has 1 atom stereocenters. The maximum absolute atomic E-state index is 13.0. The normalized spacial score (nSPS) is 23.3. The van der Waals surface area contributed by atoms with E-state index in [-0.39, 0.29) is 35.3 Å². The van der Waals surface area contributed by atoms with Gasteiger partial charge < -0.3 is 15.4 Å². The first kappa shape index (κ1) is 23.7. The molecule has 0 aliphatic carbocycles. The molecule has 2 heterocycles. The summed E-state index contributed by atoms with van der Waals surface area (Å²) in [6.45, 7) is 8.16. The molecular weight excluding hydrogens is 490 g/mol. The molecular formula is C20H32FIN4OS. The fourth-order valence-corrected chi connectivity index (χ4v) is 5.12. The summed E-state index contributed by atoms with van der Waals surface area (Å²) in [4.78, 5) is 7.51. The van der Waals surface area contributed by atoms with Gasteiger partial charge in [-0.1, -0.05) is 12.1 Å². The smallest absolute Gasteiger partial charge is 0.191 e. The van der Waals surface area contributed by atoms with E-state index < -0.39 is 0 Å². The molecule has 158 valence electrons. The van der Waals surface area contributed by atoms with Crippen LogP contribution in [0.15, 0.2) is 29.3 Å². The summed E-state index contributed by atoms with van der Waals surface area (Å²) in [7, 11) is 0. The zero-order chi connectivity index (χ0) is 19.0. The Morgan fingerprint density at radius 1 is 1.25 bits per heavy atom. The van der Waals surface area contributed by atoms with Crippen LogP contribution in [0.5, 0.6) is 0 Å². The zero-order valence-corrected chi connectivity index (χ0v) is 19.7. The first-order valence-corrected chi connectivity index (χ1v) is 11.0. The van der Waals surface area contributed by atoms with Crippen LogP contribution in [0.2, 0.25) is 0 Å². The van der Waals surface area contributed by atoms with Crippen molar-refractivity contribution in [3.63, 3.8) is 0 Å². The Labute approximate surface area is 189 Å². The van der Waals surface area contributed by atoms with Gasteiger partial charge in [0.05, 0.1) is 25.3 Å². The highest BCUT2D eigenvalue weighted by molar-refractivity contribution is 14.0. The fourth-order valence-electron chi connectivity index (χ4n) is 3.65. The predicted octanol–water partition coefficient (Wildman–Crippen LogP) is 2.75. The van der Waals surface area contributed by atoms with Crippen LogP contribution in [0, 0.1) is 5.82 Å². The average molecular weight is 522 g/mol. The average Bonchev–Trinajstić information content (AvgIpc) is 3.18. The third-order valence-electron chi connectivity index (χ3n) is 5.26. The van der Waals surface area contributed by atoms with E-state index in [4.69, 9.17) is 9.73 Å². The van der Waals surface area contributed by atoms with Crippen molar-refractivity contribution in [3.05, 3.63) is 35.6 Å². The predicted molar refractivity (Wildman–Crippen MR) is 127 cm³/mol. The molecule has 0 radical (unpaired) electrons. The number of nitrogens with one attached hydrogen (secondary N) is 2. The lowest BCUT2D eigenvalue weighted by molar-refractivity contribution is -0.0104. The van der Waals surface area contributed by atoms with E-state index in [0.29, 0.717) is 0 Å². The molecule has 3 rings (SSSR count). The van der Waals surface area contributed by atoms with E-state index in [1.165, 1.54) is 24.3 Å². The van der Waals surface area contributed by atoms with Gasteiger partial charge in [0.15, 0.2) is 5.96 Å². The van der Waals surface area contributed by atoms with Crippen molar-refractivity contribution in [2.24, 2.45) is 4.99 Å². The van der Waals surface area contributed by atoms with E-state index in [2.05, 4.69) is 22.5 Å². The molecule has 8 heteroatoms. The number of guanidine groups is 1. The van der Waals surface area contributed by atoms with Crippen molar-refractivity contribution >= 4 is 41.7 Å². The molecule has 1 unspecified atom stereocenters. The second-order valence-electron chi connectivity index (χ2n) is 7.12. The largest absolute Gasteiger partial charge is 0.379 e. The van der Waals surface area contributed by atoms with Gasteiger partial charge in [0.25, 0.3) is 0 Å². The minimum atomic E-state index is -0.190. The summed E-state index contributed by atoms with van der Waals surface area (Å²) < 4.78 is 18.6. The minimum absolute atomic E-state index is 0. The number of thioether (sulfide) groups is 1. The van der Waals surface area contributed by atoms with Crippen molar-refractivity contribution in [1.82, 2.24) is 15.5 Å². The fraction of sp³-hybridized carbons (Fsp3) is 0.650. The minimum Gasteiger partial charge on any atom is -0.379 e. The Balaban J connectivity index is 0.00000280. The van der Waals surface area contributed by atoms with E-state index in [1.807, 2.05) is 23.9 Å². The number of benzene rings is 1. The summed E-state index contributed by atoms with van der Waals surface area (Å²) in [5.41, 5.74) is 1.28. The van der Waals surface area contributed by atoms with Crippen LogP contribution in [0.4, 0.5) is 4.39 Å². The highest BCUT2D eigenvalue weighted by atomic mass is 127. The SMILES string of the molecule is CCNC(=NCC1(N2CCOCC2)CCSC1)NCCc1ccc(F)cc1.I. The lowest BCUT2D eigenvalue weighted by Crippen LogP contribution is -2.56. The maximum atomic E-state index is 13.0. The molecule has 0 aromatic heterocycles. The number of ether oxygens (including phenoxy) is 1. The van der Waals surface area contributed by atoms with Gasteiger partial charge in [0.2, 0.25) is 0 Å². The molecule has 2 N–H and O–H groups in total. The van der Waals surface area contributed by atoms with Crippen molar-refractivity contribution in [2.45, 2.75) is 25.3 Å². The van der Waals surface area contributed by atoms with Gasteiger partial charge in [-0.2, -0.15) is 11.8 Å². The number of aliphatic imine (C=N–C) groups is 1. The second kappa shape index (κ2) is 12.2. The first-order valence-electron chi connectivity index (χ1n) is 9.89. The van der Waals surface area contributed by atoms with Crippen LogP contribution in [0.3, 0.4) is 0 Å². The van der Waals surface area contributed by atoms with Crippen LogP contribution in [0.1, 0.15) is 18.9 Å². The molecule has 5 nitrogen and oxygen atoms in total. The van der Waals surface area contributed by atoms with E-state index in [1.54, 1.807) is 0 Å². The van der Waals surface area contributed by atoms with E-state index in [0.717, 1.165) is 69.6 Å². The van der Waals surface area contributed by atoms with E-state index in [9.17, 15) is 4.39 Å². The van der Waals surface area contributed by atoms with Crippen LogP contribution >= 0.6 is 35.7 Å². The van der Waals surface area contributed by atoms with Crippen molar-refractivity contribution < 1.29 is 9.13 Å². The summed E-state index contributed by atoms with van der Waals surface area (Å²) in [5, 5.41) is 6.77. The Morgan fingerprint density at radius 3 is 2.64 bits per heavy atom. The summed E-state index contributed by atoms with van der Waals surface area (Å²) >= 11 is 2.03. The van der Waals surface area contributed by atoms with Gasteiger partial charge in [-0.05, 0) is 43.2 Å². The monoisotopic (exact) mass is 522 g/mol. The topological polar surface area (TPSA) is 48.9 Å². The van der Waals surface area contributed by atoms with Crippen molar-refractivity contribution in [3.8, 4) is 0 Å². The molecule has 2 aliphatic heterocycles. The third kappa shape index (κ3) is 6.74. The van der Waals surface area contributed by atoms with Crippen molar-refractivity contribution in [1.29, 1.82) is 0 Å². The highest BCUT2D eigenvalue weighted by Gasteiger charge is 2.40. The number of morpholine rings is 1. The number of hydrogen-bond acceptors (Lipinski definition) is 4.